The van der Waals surface area contributed by atoms with Crippen LogP contribution in [0.2, 0.25) is 0 Å². The minimum Gasteiger partial charge on any atom is -0.478 e. The number of rotatable bonds is 4. The van der Waals surface area contributed by atoms with Crippen LogP contribution in [0.15, 0.2) is 11.6 Å². The number of nitrogens with zero attached hydrogens (tertiary/aromatic N) is 1. The fraction of sp³-hybridized carbons (Fsp3) is 0.800. The lowest BCUT2D eigenvalue weighted by Gasteiger charge is -2.41. The molecular weight excluding hydrogens is 226 g/mol. The zero-order valence-electron chi connectivity index (χ0n) is 11.4. The van der Waals surface area contributed by atoms with Crippen molar-refractivity contribution in [2.45, 2.75) is 45.4 Å². The molecule has 0 aromatic rings. The summed E-state index contributed by atoms with van der Waals surface area (Å²) in [5.41, 5.74) is 0.556. The van der Waals surface area contributed by atoms with Crippen molar-refractivity contribution >= 4 is 5.97 Å². The number of carbonyl (C=O) groups is 1. The molecule has 102 valence electrons. The molecule has 0 radical (unpaired) electrons. The minimum atomic E-state index is -0.759. The number of carboxylic acid groups (broad SMARTS) is 1. The molecule has 0 amide bonds. The summed E-state index contributed by atoms with van der Waals surface area (Å²) in [7, 11) is 0. The Morgan fingerprint density at radius 3 is 2.67 bits per heavy atom. The van der Waals surface area contributed by atoms with Crippen LogP contribution in [0.1, 0.15) is 45.4 Å². The quantitative estimate of drug-likeness (QED) is 0.781. The van der Waals surface area contributed by atoms with Crippen molar-refractivity contribution in [3.05, 3.63) is 11.6 Å². The lowest BCUT2D eigenvalue weighted by Crippen LogP contribution is -2.41. The molecule has 3 heteroatoms. The van der Waals surface area contributed by atoms with Gasteiger partial charge in [0.05, 0.1) is 0 Å². The van der Waals surface area contributed by atoms with Gasteiger partial charge in [0.25, 0.3) is 0 Å². The summed E-state index contributed by atoms with van der Waals surface area (Å²) < 4.78 is 0. The van der Waals surface area contributed by atoms with Gasteiger partial charge < -0.3 is 5.11 Å². The van der Waals surface area contributed by atoms with E-state index < -0.39 is 5.97 Å². The van der Waals surface area contributed by atoms with Crippen molar-refractivity contribution < 1.29 is 9.90 Å². The summed E-state index contributed by atoms with van der Waals surface area (Å²) in [5.74, 6) is 1.06. The average Bonchev–Trinajstić information content (AvgIpc) is 2.39. The van der Waals surface area contributed by atoms with Gasteiger partial charge in [-0.2, -0.15) is 0 Å². The predicted molar refractivity (Wildman–Crippen MR) is 72.5 cm³/mol. The maximum Gasteiger partial charge on any atom is 0.331 e. The Hall–Kier alpha value is -0.830. The second-order valence-corrected chi connectivity index (χ2v) is 5.74. The summed E-state index contributed by atoms with van der Waals surface area (Å²) in [6.07, 6.45) is 9.45. The third kappa shape index (κ3) is 3.35. The first-order valence-corrected chi connectivity index (χ1v) is 7.35. The van der Waals surface area contributed by atoms with E-state index in [1.54, 1.807) is 0 Å². The summed E-state index contributed by atoms with van der Waals surface area (Å²) in [4.78, 5) is 13.4. The Labute approximate surface area is 110 Å². The van der Waals surface area contributed by atoms with E-state index in [4.69, 9.17) is 5.11 Å². The number of hydrogen-bond acceptors (Lipinski definition) is 2. The van der Waals surface area contributed by atoms with Crippen LogP contribution in [0, 0.1) is 11.8 Å². The molecule has 2 aliphatic rings. The van der Waals surface area contributed by atoms with E-state index in [9.17, 15) is 4.79 Å². The molecule has 1 saturated heterocycles. The SMILES string of the molecule is CCC(=CCN1CCC2CCCCC2C1)C(=O)O. The van der Waals surface area contributed by atoms with Gasteiger partial charge >= 0.3 is 5.97 Å². The van der Waals surface area contributed by atoms with Gasteiger partial charge in [-0.3, -0.25) is 4.90 Å². The number of hydrogen-bond donors (Lipinski definition) is 1. The normalized spacial score (nSPS) is 29.9. The smallest absolute Gasteiger partial charge is 0.331 e. The van der Waals surface area contributed by atoms with E-state index >= 15 is 0 Å². The first kappa shape index (κ1) is 13.6. The topological polar surface area (TPSA) is 40.5 Å². The Kier molecular flexibility index (Phi) is 4.81. The Bertz CT molecular complexity index is 324. The molecule has 1 aliphatic carbocycles. The summed E-state index contributed by atoms with van der Waals surface area (Å²) >= 11 is 0. The lowest BCUT2D eigenvalue weighted by atomic mass is 9.75. The molecule has 0 bridgehead atoms. The first-order chi connectivity index (χ1) is 8.70. The van der Waals surface area contributed by atoms with Gasteiger partial charge in [-0.05, 0) is 37.6 Å². The minimum absolute atomic E-state index is 0.556. The zero-order chi connectivity index (χ0) is 13.0. The average molecular weight is 251 g/mol. The third-order valence-corrected chi connectivity index (χ3v) is 4.63. The molecule has 2 atom stereocenters. The fourth-order valence-corrected chi connectivity index (χ4v) is 3.46. The predicted octanol–water partition coefficient (Wildman–Crippen LogP) is 2.92. The van der Waals surface area contributed by atoms with Gasteiger partial charge in [-0.25, -0.2) is 4.79 Å². The van der Waals surface area contributed by atoms with Gasteiger partial charge in [-0.15, -0.1) is 0 Å². The van der Waals surface area contributed by atoms with Gasteiger partial charge in [0.15, 0.2) is 0 Å². The molecule has 0 aromatic carbocycles. The monoisotopic (exact) mass is 251 g/mol. The maximum absolute atomic E-state index is 10.9. The van der Waals surface area contributed by atoms with Crippen LogP contribution in [0.3, 0.4) is 0 Å². The van der Waals surface area contributed by atoms with E-state index in [1.165, 1.54) is 38.6 Å². The zero-order valence-corrected chi connectivity index (χ0v) is 11.4. The van der Waals surface area contributed by atoms with Crippen LogP contribution in [0.4, 0.5) is 0 Å². The van der Waals surface area contributed by atoms with Crippen LogP contribution >= 0.6 is 0 Å². The molecule has 0 spiro atoms. The Morgan fingerprint density at radius 2 is 2.00 bits per heavy atom. The van der Waals surface area contributed by atoms with Gasteiger partial charge in [-0.1, -0.05) is 32.3 Å². The van der Waals surface area contributed by atoms with E-state index in [1.807, 2.05) is 13.0 Å². The highest BCUT2D eigenvalue weighted by Crippen LogP contribution is 2.35. The lowest BCUT2D eigenvalue weighted by molar-refractivity contribution is -0.132. The fourth-order valence-electron chi connectivity index (χ4n) is 3.46. The van der Waals surface area contributed by atoms with Crippen molar-refractivity contribution in [2.24, 2.45) is 11.8 Å². The summed E-state index contributed by atoms with van der Waals surface area (Å²) in [5, 5.41) is 9.00. The van der Waals surface area contributed by atoms with Gasteiger partial charge in [0.1, 0.15) is 0 Å². The molecule has 0 aromatic heterocycles. The molecule has 2 fully saturated rings. The molecule has 1 heterocycles. The number of fused-ring (bicyclic) bond motifs is 1. The van der Waals surface area contributed by atoms with E-state index in [0.717, 1.165) is 24.9 Å². The third-order valence-electron chi connectivity index (χ3n) is 4.63. The van der Waals surface area contributed by atoms with Crippen molar-refractivity contribution in [2.75, 3.05) is 19.6 Å². The Balaban J connectivity index is 1.86. The van der Waals surface area contributed by atoms with Crippen molar-refractivity contribution in [3.8, 4) is 0 Å². The molecule has 1 aliphatic heterocycles. The summed E-state index contributed by atoms with van der Waals surface area (Å²) in [6.45, 7) is 5.05. The summed E-state index contributed by atoms with van der Waals surface area (Å²) in [6, 6.07) is 0. The van der Waals surface area contributed by atoms with Crippen molar-refractivity contribution in [3.63, 3.8) is 0 Å². The molecule has 2 rings (SSSR count). The first-order valence-electron chi connectivity index (χ1n) is 7.35. The van der Waals surface area contributed by atoms with Crippen molar-refractivity contribution in [1.82, 2.24) is 4.90 Å². The van der Waals surface area contributed by atoms with Crippen LogP contribution < -0.4 is 0 Å². The molecule has 1 saturated carbocycles. The van der Waals surface area contributed by atoms with Crippen LogP contribution in [0.5, 0.6) is 0 Å². The van der Waals surface area contributed by atoms with Crippen LogP contribution in [0.25, 0.3) is 0 Å². The highest BCUT2D eigenvalue weighted by Gasteiger charge is 2.30. The largest absolute Gasteiger partial charge is 0.478 e. The van der Waals surface area contributed by atoms with Gasteiger partial charge in [0.2, 0.25) is 0 Å². The molecule has 1 N–H and O–H groups in total. The molecule has 3 nitrogen and oxygen atoms in total. The number of carboxylic acids is 1. The van der Waals surface area contributed by atoms with E-state index in [0.29, 0.717) is 12.0 Å². The number of piperidine rings is 1. The van der Waals surface area contributed by atoms with Crippen LogP contribution in [-0.4, -0.2) is 35.6 Å². The highest BCUT2D eigenvalue weighted by atomic mass is 16.4. The molecular formula is C15H25NO2. The van der Waals surface area contributed by atoms with E-state index in [-0.39, 0.29) is 0 Å². The molecule has 2 unspecified atom stereocenters. The number of aliphatic carboxylic acids is 1. The second kappa shape index (κ2) is 6.37. The van der Waals surface area contributed by atoms with Crippen molar-refractivity contribution in [1.29, 1.82) is 0 Å². The standard InChI is InChI=1S/C15H25NO2/c1-2-12(15(17)18)7-9-16-10-8-13-5-3-4-6-14(13)11-16/h7,13-14H,2-6,8-11H2,1H3,(H,17,18). The Morgan fingerprint density at radius 1 is 1.28 bits per heavy atom. The van der Waals surface area contributed by atoms with Crippen LogP contribution in [-0.2, 0) is 4.79 Å². The highest BCUT2D eigenvalue weighted by molar-refractivity contribution is 5.86. The van der Waals surface area contributed by atoms with Gasteiger partial charge in [0, 0.05) is 18.7 Å². The molecule has 18 heavy (non-hydrogen) atoms. The number of likely N-dealkylation sites (tertiary alicyclic amines) is 1. The second-order valence-electron chi connectivity index (χ2n) is 5.74. The van der Waals surface area contributed by atoms with E-state index in [2.05, 4.69) is 4.90 Å². The maximum atomic E-state index is 10.9.